The van der Waals surface area contributed by atoms with Gasteiger partial charge in [0, 0.05) is 11.6 Å². The van der Waals surface area contributed by atoms with Crippen LogP contribution in [0.25, 0.3) is 22.4 Å². The SMILES string of the molecule is COc1ccccc1Oc1ccc(-c2nc3ccc(OC(N)=O)cc3[nH]2)cc1Cl. The Morgan fingerprint density at radius 2 is 1.83 bits per heavy atom. The van der Waals surface area contributed by atoms with Crippen molar-refractivity contribution in [2.24, 2.45) is 5.73 Å². The minimum Gasteiger partial charge on any atom is -0.493 e. The predicted octanol–water partition coefficient (Wildman–Crippen LogP) is 5.14. The molecule has 1 amide bonds. The number of nitrogens with zero attached hydrogens (tertiary/aromatic N) is 1. The molecule has 4 aromatic rings. The van der Waals surface area contributed by atoms with Gasteiger partial charge in [0.25, 0.3) is 0 Å². The summed E-state index contributed by atoms with van der Waals surface area (Å²) >= 11 is 6.43. The maximum absolute atomic E-state index is 10.9. The number of nitrogens with two attached hydrogens (primary N) is 1. The molecule has 0 fully saturated rings. The molecule has 146 valence electrons. The molecule has 0 aliphatic rings. The lowest BCUT2D eigenvalue weighted by Gasteiger charge is -2.11. The molecule has 0 saturated heterocycles. The average molecular weight is 410 g/mol. The number of benzene rings is 3. The standard InChI is InChI=1S/C21H16ClN3O4/c1-27-18-4-2-3-5-19(18)29-17-9-6-12(10-14(17)22)20-24-15-8-7-13(28-21(23)26)11-16(15)25-20/h2-11H,1H3,(H2,23,26)(H,24,25). The third-order valence-electron chi connectivity index (χ3n) is 4.17. The van der Waals surface area contributed by atoms with E-state index < -0.39 is 6.09 Å². The minimum atomic E-state index is -0.874. The monoisotopic (exact) mass is 409 g/mol. The van der Waals surface area contributed by atoms with Crippen LogP contribution in [0.1, 0.15) is 0 Å². The van der Waals surface area contributed by atoms with Gasteiger partial charge >= 0.3 is 6.09 Å². The third-order valence-corrected chi connectivity index (χ3v) is 4.46. The van der Waals surface area contributed by atoms with Gasteiger partial charge in [-0.2, -0.15) is 0 Å². The van der Waals surface area contributed by atoms with Gasteiger partial charge in [0.15, 0.2) is 11.5 Å². The summed E-state index contributed by atoms with van der Waals surface area (Å²) in [5.41, 5.74) is 7.23. The lowest BCUT2D eigenvalue weighted by atomic mass is 10.2. The maximum Gasteiger partial charge on any atom is 0.409 e. The summed E-state index contributed by atoms with van der Waals surface area (Å²) in [6, 6.07) is 17.7. The summed E-state index contributed by atoms with van der Waals surface area (Å²) in [6.07, 6.45) is -0.874. The fraction of sp³-hybridized carbons (Fsp3) is 0.0476. The number of fused-ring (bicyclic) bond motifs is 1. The summed E-state index contributed by atoms with van der Waals surface area (Å²) in [7, 11) is 1.58. The number of H-pyrrole nitrogens is 1. The van der Waals surface area contributed by atoms with Crippen LogP contribution in [-0.4, -0.2) is 23.2 Å². The smallest absolute Gasteiger partial charge is 0.409 e. The van der Waals surface area contributed by atoms with Crippen molar-refractivity contribution in [3.63, 3.8) is 0 Å². The van der Waals surface area contributed by atoms with Crippen LogP contribution >= 0.6 is 11.6 Å². The van der Waals surface area contributed by atoms with Crippen molar-refractivity contribution in [1.82, 2.24) is 9.97 Å². The first kappa shape index (κ1) is 18.6. The van der Waals surface area contributed by atoms with Crippen LogP contribution < -0.4 is 19.9 Å². The molecule has 3 aromatic carbocycles. The van der Waals surface area contributed by atoms with Crippen LogP contribution in [0.15, 0.2) is 60.7 Å². The van der Waals surface area contributed by atoms with E-state index in [-0.39, 0.29) is 0 Å². The number of halogens is 1. The number of methoxy groups -OCH3 is 1. The van der Waals surface area contributed by atoms with Crippen LogP contribution in [0.5, 0.6) is 23.0 Å². The fourth-order valence-corrected chi connectivity index (χ4v) is 3.08. The highest BCUT2D eigenvalue weighted by Gasteiger charge is 2.12. The highest BCUT2D eigenvalue weighted by Crippen LogP contribution is 2.36. The number of carbonyl (C=O) groups is 1. The molecule has 0 saturated carbocycles. The van der Waals surface area contributed by atoms with E-state index in [1.807, 2.05) is 24.3 Å². The van der Waals surface area contributed by atoms with Crippen molar-refractivity contribution in [1.29, 1.82) is 0 Å². The second-order valence-electron chi connectivity index (χ2n) is 6.08. The van der Waals surface area contributed by atoms with E-state index in [1.54, 1.807) is 43.5 Å². The summed E-state index contributed by atoms with van der Waals surface area (Å²) in [5.74, 6) is 2.61. The number of hydrogen-bond acceptors (Lipinski definition) is 5. The van der Waals surface area contributed by atoms with Gasteiger partial charge < -0.3 is 24.9 Å². The van der Waals surface area contributed by atoms with Crippen molar-refractivity contribution < 1.29 is 19.0 Å². The molecule has 1 aromatic heterocycles. The first-order valence-electron chi connectivity index (χ1n) is 8.61. The van der Waals surface area contributed by atoms with E-state index in [4.69, 9.17) is 31.5 Å². The van der Waals surface area contributed by atoms with Crippen LogP contribution in [0.3, 0.4) is 0 Å². The highest BCUT2D eigenvalue weighted by molar-refractivity contribution is 6.32. The summed E-state index contributed by atoms with van der Waals surface area (Å²) in [5, 5.41) is 0.423. The molecule has 29 heavy (non-hydrogen) atoms. The van der Waals surface area contributed by atoms with E-state index in [1.165, 1.54) is 0 Å². The number of ether oxygens (including phenoxy) is 3. The Morgan fingerprint density at radius 1 is 1.03 bits per heavy atom. The molecule has 4 rings (SSSR count). The molecule has 8 heteroatoms. The first-order chi connectivity index (χ1) is 14.0. The zero-order chi connectivity index (χ0) is 20.4. The van der Waals surface area contributed by atoms with Crippen molar-refractivity contribution in [2.75, 3.05) is 7.11 Å². The molecule has 3 N–H and O–H groups in total. The molecule has 0 aliphatic heterocycles. The van der Waals surface area contributed by atoms with Gasteiger partial charge in [-0.05, 0) is 42.5 Å². The quantitative estimate of drug-likeness (QED) is 0.475. The van der Waals surface area contributed by atoms with Gasteiger partial charge in [-0.3, -0.25) is 0 Å². The Hall–Kier alpha value is -3.71. The molecule has 7 nitrogen and oxygen atoms in total. The molecular weight excluding hydrogens is 394 g/mol. The maximum atomic E-state index is 10.9. The number of amides is 1. The van der Waals surface area contributed by atoms with Crippen molar-refractivity contribution in [3.05, 3.63) is 65.7 Å². The zero-order valence-corrected chi connectivity index (χ0v) is 16.1. The largest absolute Gasteiger partial charge is 0.493 e. The van der Waals surface area contributed by atoms with Gasteiger partial charge in [-0.1, -0.05) is 23.7 Å². The lowest BCUT2D eigenvalue weighted by Crippen LogP contribution is -2.16. The fourth-order valence-electron chi connectivity index (χ4n) is 2.86. The van der Waals surface area contributed by atoms with E-state index in [2.05, 4.69) is 9.97 Å². The second kappa shape index (κ2) is 7.73. The van der Waals surface area contributed by atoms with Crippen LogP contribution in [0.4, 0.5) is 4.79 Å². The second-order valence-corrected chi connectivity index (χ2v) is 6.49. The van der Waals surface area contributed by atoms with Gasteiger partial charge in [0.1, 0.15) is 17.3 Å². The number of carbonyl (C=O) groups excluding carboxylic acids is 1. The lowest BCUT2D eigenvalue weighted by molar-refractivity contribution is 0.211. The molecule has 0 aliphatic carbocycles. The van der Waals surface area contributed by atoms with Gasteiger partial charge in [0.2, 0.25) is 0 Å². The summed E-state index contributed by atoms with van der Waals surface area (Å²) in [6.45, 7) is 0. The van der Waals surface area contributed by atoms with E-state index >= 15 is 0 Å². The number of aromatic nitrogens is 2. The van der Waals surface area contributed by atoms with Crippen LogP contribution in [-0.2, 0) is 0 Å². The van der Waals surface area contributed by atoms with Gasteiger partial charge in [-0.15, -0.1) is 0 Å². The topological polar surface area (TPSA) is 99.5 Å². The van der Waals surface area contributed by atoms with Crippen molar-refractivity contribution >= 4 is 28.7 Å². The Bertz CT molecular complexity index is 1210. The molecule has 1 heterocycles. The Labute approximate surface area is 171 Å². The summed E-state index contributed by atoms with van der Waals surface area (Å²) < 4.78 is 16.1. The average Bonchev–Trinajstić information content (AvgIpc) is 3.13. The molecule has 0 spiro atoms. The number of imidazole rings is 1. The van der Waals surface area contributed by atoms with Crippen LogP contribution in [0, 0.1) is 0 Å². The first-order valence-corrected chi connectivity index (χ1v) is 8.99. The number of primary amides is 1. The number of rotatable bonds is 5. The minimum absolute atomic E-state index is 0.332. The van der Waals surface area contributed by atoms with Crippen molar-refractivity contribution in [3.8, 4) is 34.4 Å². The molecule has 0 bridgehead atoms. The van der Waals surface area contributed by atoms with Crippen molar-refractivity contribution in [2.45, 2.75) is 0 Å². The normalized spacial score (nSPS) is 10.7. The number of hydrogen-bond donors (Lipinski definition) is 2. The third kappa shape index (κ3) is 3.95. The Balaban J connectivity index is 1.62. The number of aromatic amines is 1. The molecular formula is C21H16ClN3O4. The molecule has 0 atom stereocenters. The Morgan fingerprint density at radius 3 is 2.55 bits per heavy atom. The number of nitrogens with one attached hydrogen (secondary N) is 1. The van der Waals surface area contributed by atoms with E-state index in [9.17, 15) is 4.79 Å². The summed E-state index contributed by atoms with van der Waals surface area (Å²) in [4.78, 5) is 18.6. The van der Waals surface area contributed by atoms with Crippen LogP contribution in [0.2, 0.25) is 5.02 Å². The van der Waals surface area contributed by atoms with Gasteiger partial charge in [-0.25, -0.2) is 9.78 Å². The molecule has 0 radical (unpaired) electrons. The van der Waals surface area contributed by atoms with Gasteiger partial charge in [0.05, 0.1) is 23.2 Å². The number of para-hydroxylation sites is 2. The van der Waals surface area contributed by atoms with E-state index in [0.29, 0.717) is 44.9 Å². The highest BCUT2D eigenvalue weighted by atomic mass is 35.5. The molecule has 0 unspecified atom stereocenters. The zero-order valence-electron chi connectivity index (χ0n) is 15.3. The predicted molar refractivity (Wildman–Crippen MR) is 110 cm³/mol. The van der Waals surface area contributed by atoms with E-state index in [0.717, 1.165) is 5.56 Å². The Kier molecular flexibility index (Phi) is 4.97.